The van der Waals surface area contributed by atoms with E-state index < -0.39 is 0 Å². The van der Waals surface area contributed by atoms with Gasteiger partial charge in [0.25, 0.3) is 0 Å². The standard InChI is InChI=1S/C45H33NOS/c1-4-12-32(13-5-1)37(33-22-26-39-38-18-10-11-19-42(38)47-43(39)29-33)24-20-31-21-25-40-41-30-36(23-27-44(41)48-45(40)28-31)46(34-14-6-2-7-15-34)35-16-8-3-9-17-35/h1-19,21-23,25-30,37H,20,24H2. The monoisotopic (exact) mass is 635 g/mol. The molecule has 2 nitrogen and oxygen atoms in total. The molecule has 2 aromatic heterocycles. The van der Waals surface area contributed by atoms with Crippen LogP contribution in [-0.4, -0.2) is 0 Å². The molecule has 0 fully saturated rings. The third-order valence-electron chi connectivity index (χ3n) is 9.54. The van der Waals surface area contributed by atoms with Crippen LogP contribution in [0.2, 0.25) is 0 Å². The smallest absolute Gasteiger partial charge is 0.135 e. The van der Waals surface area contributed by atoms with Crippen LogP contribution in [0.3, 0.4) is 0 Å². The molecule has 2 heterocycles. The Labute approximate surface area is 284 Å². The van der Waals surface area contributed by atoms with Crippen LogP contribution < -0.4 is 4.90 Å². The Morgan fingerprint density at radius 3 is 1.90 bits per heavy atom. The number of fused-ring (bicyclic) bond motifs is 6. The summed E-state index contributed by atoms with van der Waals surface area (Å²) in [5.41, 5.74) is 9.37. The normalized spacial score (nSPS) is 12.2. The molecule has 0 saturated heterocycles. The molecule has 0 aliphatic rings. The van der Waals surface area contributed by atoms with Gasteiger partial charge in [-0.25, -0.2) is 0 Å². The molecule has 0 saturated carbocycles. The van der Waals surface area contributed by atoms with Gasteiger partial charge in [0.05, 0.1) is 0 Å². The van der Waals surface area contributed by atoms with E-state index in [2.05, 4.69) is 169 Å². The summed E-state index contributed by atoms with van der Waals surface area (Å²) in [6.45, 7) is 0. The Morgan fingerprint density at radius 2 is 1.12 bits per heavy atom. The summed E-state index contributed by atoms with van der Waals surface area (Å²) in [6, 6.07) is 61.2. The maximum absolute atomic E-state index is 6.29. The van der Waals surface area contributed by atoms with Gasteiger partial charge in [-0.2, -0.15) is 0 Å². The highest BCUT2D eigenvalue weighted by Gasteiger charge is 2.18. The third kappa shape index (κ3) is 5.23. The number of thiophene rings is 1. The van der Waals surface area contributed by atoms with Crippen molar-refractivity contribution in [1.82, 2.24) is 0 Å². The first kappa shape index (κ1) is 28.6. The zero-order valence-electron chi connectivity index (χ0n) is 26.4. The molecule has 0 amide bonds. The molecular weight excluding hydrogens is 603 g/mol. The van der Waals surface area contributed by atoms with E-state index in [0.29, 0.717) is 0 Å². The molecule has 0 bridgehead atoms. The maximum atomic E-state index is 6.29. The van der Waals surface area contributed by atoms with Crippen LogP contribution >= 0.6 is 11.3 Å². The average Bonchev–Trinajstić information content (AvgIpc) is 3.70. The molecule has 3 heteroatoms. The number of benzene rings is 7. The first-order valence-corrected chi connectivity index (χ1v) is 17.4. The maximum Gasteiger partial charge on any atom is 0.135 e. The zero-order valence-corrected chi connectivity index (χ0v) is 27.2. The van der Waals surface area contributed by atoms with E-state index in [-0.39, 0.29) is 5.92 Å². The van der Waals surface area contributed by atoms with Crippen LogP contribution in [0.1, 0.15) is 29.0 Å². The van der Waals surface area contributed by atoms with Crippen molar-refractivity contribution in [2.45, 2.75) is 18.8 Å². The summed E-state index contributed by atoms with van der Waals surface area (Å²) in [4.78, 5) is 2.34. The minimum atomic E-state index is 0.270. The highest BCUT2D eigenvalue weighted by atomic mass is 32.1. The Kier molecular flexibility index (Phi) is 7.25. The summed E-state index contributed by atoms with van der Waals surface area (Å²) >= 11 is 1.89. The number of anilines is 3. The van der Waals surface area contributed by atoms with Crippen molar-refractivity contribution >= 4 is 70.5 Å². The highest BCUT2D eigenvalue weighted by molar-refractivity contribution is 7.25. The SMILES string of the molecule is c1ccc(C(CCc2ccc3c(c2)sc2ccc(N(c4ccccc4)c4ccccc4)cc23)c2ccc3c(c2)oc2ccccc23)cc1. The fourth-order valence-corrected chi connectivity index (χ4v) is 8.34. The van der Waals surface area contributed by atoms with E-state index in [1.54, 1.807) is 0 Å². The van der Waals surface area contributed by atoms with Crippen molar-refractivity contribution in [3.63, 3.8) is 0 Å². The van der Waals surface area contributed by atoms with E-state index >= 15 is 0 Å². The van der Waals surface area contributed by atoms with E-state index in [0.717, 1.165) is 41.1 Å². The number of hydrogen-bond donors (Lipinski definition) is 0. The van der Waals surface area contributed by atoms with Crippen LogP contribution in [0.15, 0.2) is 174 Å². The van der Waals surface area contributed by atoms with Gasteiger partial charge in [-0.05, 0) is 90.2 Å². The molecule has 1 atom stereocenters. The second kappa shape index (κ2) is 12.2. The fourth-order valence-electron chi connectivity index (χ4n) is 7.19. The first-order valence-electron chi connectivity index (χ1n) is 16.6. The Balaban J connectivity index is 1.04. The molecular formula is C45H33NOS. The van der Waals surface area contributed by atoms with Gasteiger partial charge >= 0.3 is 0 Å². The molecule has 48 heavy (non-hydrogen) atoms. The van der Waals surface area contributed by atoms with Gasteiger partial charge in [-0.1, -0.05) is 109 Å². The van der Waals surface area contributed by atoms with Gasteiger partial charge in [0.2, 0.25) is 0 Å². The molecule has 0 aliphatic heterocycles. The van der Waals surface area contributed by atoms with Crippen molar-refractivity contribution in [2.75, 3.05) is 4.90 Å². The molecule has 0 N–H and O–H groups in total. The molecule has 9 aromatic rings. The van der Waals surface area contributed by atoms with E-state index in [1.807, 2.05) is 17.4 Å². The lowest BCUT2D eigenvalue weighted by atomic mass is 9.86. The second-order valence-corrected chi connectivity index (χ2v) is 13.6. The van der Waals surface area contributed by atoms with E-state index in [4.69, 9.17) is 4.42 Å². The highest BCUT2D eigenvalue weighted by Crippen LogP contribution is 2.41. The molecule has 0 spiro atoms. The Morgan fingerprint density at radius 1 is 0.458 bits per heavy atom. The summed E-state index contributed by atoms with van der Waals surface area (Å²) in [6.07, 6.45) is 2.00. The fraction of sp³-hybridized carbons (Fsp3) is 0.0667. The number of rotatable bonds is 8. The predicted octanol–water partition coefficient (Wildman–Crippen LogP) is 13.2. The zero-order chi connectivity index (χ0) is 31.9. The second-order valence-electron chi connectivity index (χ2n) is 12.5. The topological polar surface area (TPSA) is 16.4 Å². The largest absolute Gasteiger partial charge is 0.456 e. The van der Waals surface area contributed by atoms with Gasteiger partial charge in [0, 0.05) is 53.9 Å². The average molecular weight is 636 g/mol. The lowest BCUT2D eigenvalue weighted by molar-refractivity contribution is 0.664. The van der Waals surface area contributed by atoms with Gasteiger partial charge in [0.15, 0.2) is 0 Å². The molecule has 230 valence electrons. The van der Waals surface area contributed by atoms with Crippen molar-refractivity contribution in [2.24, 2.45) is 0 Å². The molecule has 1 unspecified atom stereocenters. The lowest BCUT2D eigenvalue weighted by Crippen LogP contribution is -2.09. The van der Waals surface area contributed by atoms with Crippen LogP contribution in [-0.2, 0) is 6.42 Å². The van der Waals surface area contributed by atoms with E-state index in [9.17, 15) is 0 Å². The molecule has 0 radical (unpaired) electrons. The number of para-hydroxylation sites is 3. The van der Waals surface area contributed by atoms with Crippen molar-refractivity contribution in [3.05, 3.63) is 187 Å². The van der Waals surface area contributed by atoms with Crippen LogP contribution in [0.4, 0.5) is 17.1 Å². The quantitative estimate of drug-likeness (QED) is 0.165. The Hall–Kier alpha value is -5.64. The molecule has 0 aliphatic carbocycles. The third-order valence-corrected chi connectivity index (χ3v) is 10.7. The lowest BCUT2D eigenvalue weighted by Gasteiger charge is -2.25. The summed E-state index contributed by atoms with van der Waals surface area (Å²) < 4.78 is 8.94. The van der Waals surface area contributed by atoms with Crippen molar-refractivity contribution in [3.8, 4) is 0 Å². The minimum absolute atomic E-state index is 0.270. The van der Waals surface area contributed by atoms with Crippen molar-refractivity contribution < 1.29 is 4.42 Å². The minimum Gasteiger partial charge on any atom is -0.456 e. The summed E-state index contributed by atoms with van der Waals surface area (Å²) in [5.74, 6) is 0.270. The van der Waals surface area contributed by atoms with Gasteiger partial charge in [-0.3, -0.25) is 0 Å². The van der Waals surface area contributed by atoms with Crippen LogP contribution in [0.25, 0.3) is 42.1 Å². The Bertz CT molecular complexity index is 2470. The molecule has 9 rings (SSSR count). The first-order chi connectivity index (χ1) is 23.8. The van der Waals surface area contributed by atoms with Gasteiger partial charge in [-0.15, -0.1) is 11.3 Å². The molecule has 7 aromatic carbocycles. The summed E-state index contributed by atoms with van der Waals surface area (Å²) in [7, 11) is 0. The van der Waals surface area contributed by atoms with Gasteiger partial charge < -0.3 is 9.32 Å². The number of nitrogens with zero attached hydrogens (tertiary/aromatic N) is 1. The number of furan rings is 1. The summed E-state index contributed by atoms with van der Waals surface area (Å²) in [5, 5.41) is 4.97. The van der Waals surface area contributed by atoms with Crippen LogP contribution in [0.5, 0.6) is 0 Å². The number of aryl methyl sites for hydroxylation is 1. The predicted molar refractivity (Wildman–Crippen MR) is 204 cm³/mol. The van der Waals surface area contributed by atoms with Gasteiger partial charge in [0.1, 0.15) is 11.2 Å². The van der Waals surface area contributed by atoms with Crippen molar-refractivity contribution in [1.29, 1.82) is 0 Å². The van der Waals surface area contributed by atoms with E-state index in [1.165, 1.54) is 47.6 Å². The van der Waals surface area contributed by atoms with Crippen LogP contribution in [0, 0.1) is 0 Å². The number of hydrogen-bond acceptors (Lipinski definition) is 3.